The molecule has 0 bridgehead atoms. The van der Waals surface area contributed by atoms with Crippen LogP contribution < -0.4 is 0 Å². The van der Waals surface area contributed by atoms with Gasteiger partial charge in [-0.15, -0.1) is 0 Å². The molecule has 1 aromatic heterocycles. The molecule has 4 rings (SSSR count). The molecule has 28 heavy (non-hydrogen) atoms. The van der Waals surface area contributed by atoms with Crippen molar-refractivity contribution in [2.45, 2.75) is 6.42 Å². The summed E-state index contributed by atoms with van der Waals surface area (Å²) in [6, 6.07) is 9.19. The molecule has 8 heteroatoms. The number of nitrogens with one attached hydrogen (secondary N) is 1. The van der Waals surface area contributed by atoms with Gasteiger partial charge in [0.2, 0.25) is 0 Å². The van der Waals surface area contributed by atoms with Gasteiger partial charge in [0.25, 0.3) is 11.8 Å². The van der Waals surface area contributed by atoms with Gasteiger partial charge < -0.3 is 25.0 Å². The molecule has 3 aromatic rings. The fraction of sp³-hybridized carbons (Fsp3) is 0.250. The molecule has 0 atom stereocenters. The second-order valence-electron chi connectivity index (χ2n) is 6.81. The standard InChI is InChI=1S/C20H20N4O4/c25-15-8-14(9-16(26)11-15)20(28)24-5-1-4-23(6-7-24)19(27)13-2-3-17-18(10-13)22-12-21-17/h2-3,8-12,25-26H,1,4-7H2,(H,21,22). The van der Waals surface area contributed by atoms with Crippen LogP contribution in [0.2, 0.25) is 0 Å². The Hall–Kier alpha value is -3.55. The highest BCUT2D eigenvalue weighted by Gasteiger charge is 2.24. The van der Waals surface area contributed by atoms with E-state index in [1.54, 1.807) is 34.3 Å². The lowest BCUT2D eigenvalue weighted by Gasteiger charge is -2.22. The number of phenols is 2. The van der Waals surface area contributed by atoms with Crippen LogP contribution in [0.3, 0.4) is 0 Å². The van der Waals surface area contributed by atoms with E-state index in [0.29, 0.717) is 38.2 Å². The van der Waals surface area contributed by atoms with Gasteiger partial charge >= 0.3 is 0 Å². The van der Waals surface area contributed by atoms with E-state index in [0.717, 1.165) is 11.0 Å². The molecule has 2 heterocycles. The molecule has 3 N–H and O–H groups in total. The lowest BCUT2D eigenvalue weighted by Crippen LogP contribution is -2.37. The van der Waals surface area contributed by atoms with Crippen LogP contribution in [-0.4, -0.2) is 68.0 Å². The maximum Gasteiger partial charge on any atom is 0.254 e. The Bertz CT molecular complexity index is 1030. The Morgan fingerprint density at radius 3 is 2.18 bits per heavy atom. The van der Waals surface area contributed by atoms with Crippen molar-refractivity contribution in [3.63, 3.8) is 0 Å². The molecule has 0 radical (unpaired) electrons. The lowest BCUT2D eigenvalue weighted by atomic mass is 10.1. The van der Waals surface area contributed by atoms with E-state index in [9.17, 15) is 19.8 Å². The molecule has 144 valence electrons. The first-order valence-electron chi connectivity index (χ1n) is 9.06. The van der Waals surface area contributed by atoms with Gasteiger partial charge in [-0.2, -0.15) is 0 Å². The largest absolute Gasteiger partial charge is 0.508 e. The average molecular weight is 380 g/mol. The summed E-state index contributed by atoms with van der Waals surface area (Å²) >= 11 is 0. The third-order valence-corrected chi connectivity index (χ3v) is 4.89. The zero-order valence-electron chi connectivity index (χ0n) is 15.1. The molecule has 0 aliphatic carbocycles. The maximum absolute atomic E-state index is 12.9. The molecule has 1 aliphatic rings. The Morgan fingerprint density at radius 2 is 1.50 bits per heavy atom. The van der Waals surface area contributed by atoms with Crippen molar-refractivity contribution in [1.82, 2.24) is 19.8 Å². The first kappa shape index (κ1) is 17.8. The van der Waals surface area contributed by atoms with Crippen molar-refractivity contribution in [2.75, 3.05) is 26.2 Å². The van der Waals surface area contributed by atoms with E-state index in [1.807, 2.05) is 0 Å². The molecular weight excluding hydrogens is 360 g/mol. The number of aromatic hydroxyl groups is 2. The van der Waals surface area contributed by atoms with E-state index in [2.05, 4.69) is 9.97 Å². The number of fused-ring (bicyclic) bond motifs is 1. The molecule has 8 nitrogen and oxygen atoms in total. The maximum atomic E-state index is 12.9. The van der Waals surface area contributed by atoms with E-state index in [-0.39, 0.29) is 28.9 Å². The smallest absolute Gasteiger partial charge is 0.254 e. The summed E-state index contributed by atoms with van der Waals surface area (Å²) in [4.78, 5) is 36.1. The summed E-state index contributed by atoms with van der Waals surface area (Å²) < 4.78 is 0. The van der Waals surface area contributed by atoms with Crippen molar-refractivity contribution in [2.24, 2.45) is 0 Å². The van der Waals surface area contributed by atoms with Gasteiger partial charge in [-0.3, -0.25) is 9.59 Å². The average Bonchev–Trinajstić information content (AvgIpc) is 3.01. The van der Waals surface area contributed by atoms with E-state index in [1.165, 1.54) is 18.2 Å². The predicted octanol–water partition coefficient (Wildman–Crippen LogP) is 1.96. The number of imidazole rings is 1. The number of H-pyrrole nitrogens is 1. The van der Waals surface area contributed by atoms with E-state index in [4.69, 9.17) is 0 Å². The molecule has 0 saturated carbocycles. The predicted molar refractivity (Wildman–Crippen MR) is 102 cm³/mol. The summed E-state index contributed by atoms with van der Waals surface area (Å²) in [6.45, 7) is 1.84. The number of benzene rings is 2. The molecule has 2 amide bonds. The van der Waals surface area contributed by atoms with Crippen LogP contribution in [0.25, 0.3) is 11.0 Å². The number of aromatic nitrogens is 2. The number of hydrogen-bond donors (Lipinski definition) is 3. The quantitative estimate of drug-likeness (QED) is 0.630. The van der Waals surface area contributed by atoms with Crippen molar-refractivity contribution in [3.8, 4) is 11.5 Å². The Balaban J connectivity index is 1.47. The Morgan fingerprint density at radius 1 is 0.857 bits per heavy atom. The summed E-state index contributed by atoms with van der Waals surface area (Å²) in [5.74, 6) is -0.687. The highest BCUT2D eigenvalue weighted by Crippen LogP contribution is 2.22. The monoisotopic (exact) mass is 380 g/mol. The van der Waals surface area contributed by atoms with Crippen LogP contribution in [0, 0.1) is 0 Å². The highest BCUT2D eigenvalue weighted by atomic mass is 16.3. The number of hydrogen-bond acceptors (Lipinski definition) is 5. The second kappa shape index (κ2) is 7.22. The van der Waals surface area contributed by atoms with Gasteiger partial charge in [-0.25, -0.2) is 4.98 Å². The van der Waals surface area contributed by atoms with Crippen molar-refractivity contribution in [1.29, 1.82) is 0 Å². The van der Waals surface area contributed by atoms with Crippen LogP contribution >= 0.6 is 0 Å². The zero-order valence-corrected chi connectivity index (χ0v) is 15.1. The molecule has 0 unspecified atom stereocenters. The van der Waals surface area contributed by atoms with Crippen LogP contribution in [0.15, 0.2) is 42.7 Å². The molecule has 1 saturated heterocycles. The minimum atomic E-state index is -0.278. The number of nitrogens with zero attached hydrogens (tertiary/aromatic N) is 3. The highest BCUT2D eigenvalue weighted by molar-refractivity contribution is 5.98. The third-order valence-electron chi connectivity index (χ3n) is 4.89. The number of carbonyl (C=O) groups is 2. The van der Waals surface area contributed by atoms with Crippen molar-refractivity contribution >= 4 is 22.8 Å². The van der Waals surface area contributed by atoms with Crippen LogP contribution in [-0.2, 0) is 0 Å². The Kier molecular flexibility index (Phi) is 4.60. The third kappa shape index (κ3) is 3.48. The lowest BCUT2D eigenvalue weighted by molar-refractivity contribution is 0.0718. The van der Waals surface area contributed by atoms with Gasteiger partial charge in [-0.05, 0) is 36.8 Å². The number of phenolic OH excluding ortho intramolecular Hbond substituents is 2. The first-order chi connectivity index (χ1) is 13.5. The fourth-order valence-corrected chi connectivity index (χ4v) is 3.48. The zero-order chi connectivity index (χ0) is 19.7. The topological polar surface area (TPSA) is 110 Å². The number of aromatic amines is 1. The van der Waals surface area contributed by atoms with Crippen LogP contribution in [0.5, 0.6) is 11.5 Å². The second-order valence-corrected chi connectivity index (χ2v) is 6.81. The van der Waals surface area contributed by atoms with Gasteiger partial charge in [-0.1, -0.05) is 0 Å². The molecule has 1 aliphatic heterocycles. The van der Waals surface area contributed by atoms with Crippen molar-refractivity contribution < 1.29 is 19.8 Å². The number of carbonyl (C=O) groups excluding carboxylic acids is 2. The van der Waals surface area contributed by atoms with Gasteiger partial charge in [0, 0.05) is 43.4 Å². The van der Waals surface area contributed by atoms with Crippen molar-refractivity contribution in [3.05, 3.63) is 53.9 Å². The molecule has 2 aromatic carbocycles. The minimum absolute atomic E-state index is 0.0826. The van der Waals surface area contributed by atoms with E-state index < -0.39 is 0 Å². The van der Waals surface area contributed by atoms with Gasteiger partial charge in [0.15, 0.2) is 0 Å². The summed E-state index contributed by atoms with van der Waals surface area (Å²) in [5, 5.41) is 19.2. The molecular formula is C20H20N4O4. The van der Waals surface area contributed by atoms with Gasteiger partial charge in [0.1, 0.15) is 11.5 Å². The Labute approximate surface area is 161 Å². The first-order valence-corrected chi connectivity index (χ1v) is 9.06. The molecule has 1 fully saturated rings. The van der Waals surface area contributed by atoms with Gasteiger partial charge in [0.05, 0.1) is 17.4 Å². The SMILES string of the molecule is O=C(c1cc(O)cc(O)c1)N1CCCN(C(=O)c2ccc3nc[nH]c3c2)CC1. The fourth-order valence-electron chi connectivity index (χ4n) is 3.48. The van der Waals surface area contributed by atoms with Crippen LogP contribution in [0.1, 0.15) is 27.1 Å². The minimum Gasteiger partial charge on any atom is -0.508 e. The summed E-state index contributed by atoms with van der Waals surface area (Å²) in [5.41, 5.74) is 2.41. The molecule has 0 spiro atoms. The normalized spacial score (nSPS) is 14.9. The summed E-state index contributed by atoms with van der Waals surface area (Å²) in [6.07, 6.45) is 2.24. The number of amides is 2. The van der Waals surface area contributed by atoms with E-state index >= 15 is 0 Å². The summed E-state index contributed by atoms with van der Waals surface area (Å²) in [7, 11) is 0. The van der Waals surface area contributed by atoms with Crippen LogP contribution in [0.4, 0.5) is 0 Å². The number of rotatable bonds is 2.